The van der Waals surface area contributed by atoms with Crippen molar-refractivity contribution in [2.75, 3.05) is 0 Å². The Bertz CT molecular complexity index is 664. The molecule has 0 aliphatic carbocycles. The Hall–Kier alpha value is -0.890. The number of halogens is 3. The van der Waals surface area contributed by atoms with Crippen molar-refractivity contribution in [3.8, 4) is 0 Å². The topological polar surface area (TPSA) is 44.1 Å². The third-order valence-corrected chi connectivity index (χ3v) is 3.33. The maximum absolute atomic E-state index is 13.5. The van der Waals surface area contributed by atoms with Gasteiger partial charge in [-0.1, -0.05) is 11.6 Å². The highest BCUT2D eigenvalue weighted by atomic mass is 127. The van der Waals surface area contributed by atoms with E-state index in [-0.39, 0.29) is 5.02 Å². The predicted molar refractivity (Wildman–Crippen MR) is 79.1 cm³/mol. The molecule has 0 saturated carbocycles. The van der Waals surface area contributed by atoms with Crippen LogP contribution in [0.4, 0.5) is 9.18 Å². The van der Waals surface area contributed by atoms with Crippen LogP contribution in [-0.2, 0) is 4.74 Å². The average molecular weight is 397 g/mol. The van der Waals surface area contributed by atoms with Crippen LogP contribution in [0.2, 0.25) is 5.02 Å². The second kappa shape index (κ2) is 4.90. The molecule has 0 radical (unpaired) electrons. The van der Waals surface area contributed by atoms with Gasteiger partial charge in [0.05, 0.1) is 10.5 Å². The number of nitrogens with zero attached hydrogens (tertiary/aromatic N) is 2. The van der Waals surface area contributed by atoms with Crippen molar-refractivity contribution < 1.29 is 13.9 Å². The van der Waals surface area contributed by atoms with E-state index in [4.69, 9.17) is 16.3 Å². The summed E-state index contributed by atoms with van der Waals surface area (Å²) in [4.78, 5) is 12.0. The van der Waals surface area contributed by atoms with Crippen LogP contribution in [0.15, 0.2) is 12.1 Å². The lowest BCUT2D eigenvalue weighted by Gasteiger charge is -2.19. The summed E-state index contributed by atoms with van der Waals surface area (Å²) in [6.45, 7) is 5.25. The van der Waals surface area contributed by atoms with Crippen molar-refractivity contribution in [1.82, 2.24) is 9.78 Å². The van der Waals surface area contributed by atoms with E-state index < -0.39 is 17.5 Å². The number of hydrogen-bond donors (Lipinski definition) is 0. The van der Waals surface area contributed by atoms with Gasteiger partial charge in [-0.25, -0.2) is 9.18 Å². The highest BCUT2D eigenvalue weighted by Crippen LogP contribution is 2.27. The van der Waals surface area contributed by atoms with Gasteiger partial charge in [-0.3, -0.25) is 0 Å². The quantitative estimate of drug-likeness (QED) is 0.627. The van der Waals surface area contributed by atoms with Crippen LogP contribution in [-0.4, -0.2) is 21.5 Å². The van der Waals surface area contributed by atoms with Gasteiger partial charge in [0.15, 0.2) is 0 Å². The first kappa shape index (κ1) is 14.5. The van der Waals surface area contributed by atoms with Gasteiger partial charge in [-0.05, 0) is 49.4 Å². The molecule has 0 fully saturated rings. The van der Waals surface area contributed by atoms with E-state index in [9.17, 15) is 9.18 Å². The molecular weight excluding hydrogens is 385 g/mol. The Morgan fingerprint density at radius 1 is 1.47 bits per heavy atom. The largest absolute Gasteiger partial charge is 0.442 e. The molecule has 0 unspecified atom stereocenters. The molecule has 0 N–H and O–H groups in total. The van der Waals surface area contributed by atoms with E-state index in [1.807, 2.05) is 22.6 Å². The van der Waals surface area contributed by atoms with Gasteiger partial charge >= 0.3 is 6.09 Å². The van der Waals surface area contributed by atoms with Crippen LogP contribution in [0.3, 0.4) is 0 Å². The number of ether oxygens (including phenoxy) is 1. The third kappa shape index (κ3) is 3.00. The maximum atomic E-state index is 13.5. The standard InChI is InChI=1S/C12H11ClFIN2O2/c1-12(2,3)19-11(18)17-9-5-8(14)7(13)4-6(9)10(15)16-17/h4-5H,1-3H3. The molecule has 2 aromatic rings. The van der Waals surface area contributed by atoms with Crippen molar-refractivity contribution in [2.45, 2.75) is 26.4 Å². The molecule has 19 heavy (non-hydrogen) atoms. The predicted octanol–water partition coefficient (Wildman–Crippen LogP) is 4.22. The molecule has 0 amide bonds. The molecular formula is C12H11ClFIN2O2. The summed E-state index contributed by atoms with van der Waals surface area (Å²) in [6.07, 6.45) is -0.651. The Morgan fingerprint density at radius 3 is 2.68 bits per heavy atom. The lowest BCUT2D eigenvalue weighted by Crippen LogP contribution is -2.27. The highest BCUT2D eigenvalue weighted by Gasteiger charge is 2.22. The smallest absolute Gasteiger partial charge is 0.435 e. The molecule has 1 aromatic heterocycles. The minimum Gasteiger partial charge on any atom is -0.442 e. The monoisotopic (exact) mass is 396 g/mol. The van der Waals surface area contributed by atoms with Crippen LogP contribution in [0.5, 0.6) is 0 Å². The number of aromatic nitrogens is 2. The molecule has 4 nitrogen and oxygen atoms in total. The lowest BCUT2D eigenvalue weighted by molar-refractivity contribution is 0.0522. The van der Waals surface area contributed by atoms with Gasteiger partial charge in [0, 0.05) is 11.5 Å². The van der Waals surface area contributed by atoms with Gasteiger partial charge < -0.3 is 4.74 Å². The average Bonchev–Trinajstić information content (AvgIpc) is 2.55. The van der Waals surface area contributed by atoms with Crippen LogP contribution >= 0.6 is 34.2 Å². The van der Waals surface area contributed by atoms with Crippen molar-refractivity contribution in [2.24, 2.45) is 0 Å². The molecule has 102 valence electrons. The summed E-state index contributed by atoms with van der Waals surface area (Å²) in [5.74, 6) is -0.602. The van der Waals surface area contributed by atoms with Crippen LogP contribution in [0.25, 0.3) is 10.9 Å². The minimum atomic E-state index is -0.651. The Labute approximate surface area is 128 Å². The number of fused-ring (bicyclic) bond motifs is 1. The number of carbonyl (C=O) groups excluding carboxylic acids is 1. The fourth-order valence-electron chi connectivity index (χ4n) is 1.52. The Kier molecular flexibility index (Phi) is 3.74. The van der Waals surface area contributed by atoms with Crippen LogP contribution in [0.1, 0.15) is 20.8 Å². The number of benzene rings is 1. The fraction of sp³-hybridized carbons (Fsp3) is 0.333. The molecule has 0 atom stereocenters. The van der Waals surface area contributed by atoms with E-state index in [2.05, 4.69) is 5.10 Å². The molecule has 0 spiro atoms. The number of carbonyl (C=O) groups is 1. The SMILES string of the molecule is CC(C)(C)OC(=O)n1nc(I)c2cc(Cl)c(F)cc21. The fourth-order valence-corrected chi connectivity index (χ4v) is 2.33. The van der Waals surface area contributed by atoms with E-state index in [0.29, 0.717) is 14.6 Å². The first-order valence-corrected chi connectivity index (χ1v) is 6.91. The molecule has 0 aliphatic heterocycles. The summed E-state index contributed by atoms with van der Waals surface area (Å²) in [5, 5.41) is 4.66. The van der Waals surface area contributed by atoms with Gasteiger partial charge in [0.2, 0.25) is 0 Å². The van der Waals surface area contributed by atoms with Gasteiger partial charge in [-0.2, -0.15) is 9.78 Å². The summed E-state index contributed by atoms with van der Waals surface area (Å²) in [5.41, 5.74) is -0.313. The highest BCUT2D eigenvalue weighted by molar-refractivity contribution is 14.1. The summed E-state index contributed by atoms with van der Waals surface area (Å²) < 4.78 is 20.3. The third-order valence-electron chi connectivity index (χ3n) is 2.24. The molecule has 7 heteroatoms. The first-order valence-electron chi connectivity index (χ1n) is 5.45. The number of rotatable bonds is 0. The van der Waals surface area contributed by atoms with E-state index in [0.717, 1.165) is 4.68 Å². The van der Waals surface area contributed by atoms with Crippen molar-refractivity contribution in [1.29, 1.82) is 0 Å². The van der Waals surface area contributed by atoms with Crippen LogP contribution < -0.4 is 0 Å². The van der Waals surface area contributed by atoms with Gasteiger partial charge in [0.1, 0.15) is 15.1 Å². The second-order valence-corrected chi connectivity index (χ2v) is 6.40. The molecule has 0 bridgehead atoms. The van der Waals surface area contributed by atoms with Crippen molar-refractivity contribution >= 4 is 51.2 Å². The molecule has 1 aromatic carbocycles. The number of hydrogen-bond acceptors (Lipinski definition) is 3. The molecule has 0 aliphatic rings. The Morgan fingerprint density at radius 2 is 2.11 bits per heavy atom. The zero-order chi connectivity index (χ0) is 14.4. The van der Waals surface area contributed by atoms with Gasteiger partial charge in [0.25, 0.3) is 0 Å². The van der Waals surface area contributed by atoms with E-state index in [1.54, 1.807) is 20.8 Å². The Balaban J connectivity index is 2.56. The molecule has 1 heterocycles. The second-order valence-electron chi connectivity index (χ2n) is 4.97. The van der Waals surface area contributed by atoms with Crippen LogP contribution in [0, 0.1) is 9.52 Å². The molecule has 2 rings (SSSR count). The minimum absolute atomic E-state index is 0.00541. The normalized spacial score (nSPS) is 11.9. The lowest BCUT2D eigenvalue weighted by atomic mass is 10.2. The first-order chi connectivity index (χ1) is 8.69. The summed E-state index contributed by atoms with van der Waals surface area (Å²) >= 11 is 7.68. The zero-order valence-electron chi connectivity index (χ0n) is 10.5. The summed E-state index contributed by atoms with van der Waals surface area (Å²) in [6, 6.07) is 2.62. The zero-order valence-corrected chi connectivity index (χ0v) is 13.4. The molecule has 0 saturated heterocycles. The van der Waals surface area contributed by atoms with E-state index in [1.165, 1.54) is 12.1 Å². The summed E-state index contributed by atoms with van der Waals surface area (Å²) in [7, 11) is 0. The van der Waals surface area contributed by atoms with Crippen molar-refractivity contribution in [3.63, 3.8) is 0 Å². The van der Waals surface area contributed by atoms with Gasteiger partial charge in [-0.15, -0.1) is 0 Å². The van der Waals surface area contributed by atoms with E-state index >= 15 is 0 Å². The van der Waals surface area contributed by atoms with Crippen molar-refractivity contribution in [3.05, 3.63) is 26.7 Å². The maximum Gasteiger partial charge on any atom is 0.435 e.